The lowest BCUT2D eigenvalue weighted by atomic mass is 9.70. The molecule has 7 N–H and O–H groups in total. The van der Waals surface area contributed by atoms with Crippen LogP contribution >= 0.6 is 0 Å². The molecule has 0 fully saturated rings. The second-order valence-electron chi connectivity index (χ2n) is 10.4. The number of phenolic OH excluding ortho intramolecular Hbond substituents is 5. The van der Waals surface area contributed by atoms with Crippen molar-refractivity contribution in [3.05, 3.63) is 41.0 Å². The molecule has 0 heterocycles. The Kier molecular flexibility index (Phi) is 6.91. The van der Waals surface area contributed by atoms with Crippen molar-refractivity contribution in [2.75, 3.05) is 0 Å². The van der Waals surface area contributed by atoms with E-state index >= 15 is 0 Å². The van der Waals surface area contributed by atoms with Crippen LogP contribution in [0.3, 0.4) is 0 Å². The summed E-state index contributed by atoms with van der Waals surface area (Å²) in [6.45, 7) is 10.6. The minimum absolute atomic E-state index is 0.138. The van der Waals surface area contributed by atoms with Crippen LogP contribution in [0.5, 0.6) is 28.7 Å². The minimum Gasteiger partial charge on any atom is -0.508 e. The van der Waals surface area contributed by atoms with Gasteiger partial charge in [0.2, 0.25) is 0 Å². The van der Waals surface area contributed by atoms with Crippen LogP contribution in [0, 0.1) is 5.41 Å². The quantitative estimate of drug-likeness (QED) is 0.247. The van der Waals surface area contributed by atoms with Crippen LogP contribution < -0.4 is 0 Å². The van der Waals surface area contributed by atoms with Crippen molar-refractivity contribution in [2.45, 2.75) is 64.2 Å². The van der Waals surface area contributed by atoms with Gasteiger partial charge < -0.3 is 30.6 Å². The molecule has 33 heavy (non-hydrogen) atoms. The van der Waals surface area contributed by atoms with Crippen molar-refractivity contribution >= 4 is 10.1 Å². The van der Waals surface area contributed by atoms with Gasteiger partial charge in [0, 0.05) is 17.5 Å². The van der Waals surface area contributed by atoms with Crippen molar-refractivity contribution in [3.63, 3.8) is 0 Å². The van der Waals surface area contributed by atoms with Gasteiger partial charge >= 0.3 is 0 Å². The van der Waals surface area contributed by atoms with E-state index in [1.807, 2.05) is 20.8 Å². The van der Waals surface area contributed by atoms with Gasteiger partial charge in [-0.05, 0) is 40.2 Å². The molecule has 10 heteroatoms. The number of hydrogen-bond acceptors (Lipinski definition) is 8. The first-order chi connectivity index (χ1) is 14.8. The lowest BCUT2D eigenvalue weighted by Crippen LogP contribution is -2.38. The molecule has 0 aliphatic rings. The van der Waals surface area contributed by atoms with E-state index in [4.69, 9.17) is 0 Å². The SMILES string of the molecule is CC(C)(C)c1cc(C(C(O)C(c2cc(O)c(O)c(O)c2)S(=O)(=O)O)C(C)(C)C)c(O)cc1O. The second kappa shape index (κ2) is 8.58. The molecule has 0 saturated carbocycles. The Morgan fingerprint density at radius 3 is 1.64 bits per heavy atom. The largest absolute Gasteiger partial charge is 0.508 e. The third-order valence-corrected chi connectivity index (χ3v) is 6.81. The van der Waals surface area contributed by atoms with Crippen molar-refractivity contribution in [3.8, 4) is 28.7 Å². The molecule has 9 nitrogen and oxygen atoms in total. The summed E-state index contributed by atoms with van der Waals surface area (Å²) in [6.07, 6.45) is -1.88. The third kappa shape index (κ3) is 5.45. The number of aliphatic hydroxyl groups excluding tert-OH is 1. The number of phenols is 5. The fraction of sp³-hybridized carbons (Fsp3) is 0.478. The van der Waals surface area contributed by atoms with Gasteiger partial charge in [-0.1, -0.05) is 41.5 Å². The van der Waals surface area contributed by atoms with Crippen LogP contribution in [0.1, 0.15) is 69.4 Å². The summed E-state index contributed by atoms with van der Waals surface area (Å²) < 4.78 is 34.7. The van der Waals surface area contributed by atoms with E-state index in [-0.39, 0.29) is 22.6 Å². The summed E-state index contributed by atoms with van der Waals surface area (Å²) in [5.74, 6) is -4.25. The van der Waals surface area contributed by atoms with Crippen molar-refractivity contribution < 1.29 is 43.6 Å². The van der Waals surface area contributed by atoms with Gasteiger partial charge in [0.25, 0.3) is 10.1 Å². The Morgan fingerprint density at radius 1 is 0.758 bits per heavy atom. The Morgan fingerprint density at radius 2 is 1.24 bits per heavy atom. The summed E-state index contributed by atoms with van der Waals surface area (Å²) >= 11 is 0. The average Bonchev–Trinajstić information content (AvgIpc) is 2.58. The summed E-state index contributed by atoms with van der Waals surface area (Å²) in [6, 6.07) is 4.22. The molecule has 0 spiro atoms. The lowest BCUT2D eigenvalue weighted by molar-refractivity contribution is 0.0811. The lowest BCUT2D eigenvalue weighted by Gasteiger charge is -2.38. The van der Waals surface area contributed by atoms with Crippen LogP contribution in [-0.4, -0.2) is 49.7 Å². The van der Waals surface area contributed by atoms with Gasteiger partial charge in [0.1, 0.15) is 16.7 Å². The molecule has 2 rings (SSSR count). The molecule has 2 aromatic carbocycles. The molecule has 2 aromatic rings. The highest BCUT2D eigenvalue weighted by atomic mass is 32.2. The second-order valence-corrected chi connectivity index (χ2v) is 11.9. The number of aromatic hydroxyl groups is 5. The van der Waals surface area contributed by atoms with E-state index in [9.17, 15) is 43.6 Å². The zero-order valence-corrected chi connectivity index (χ0v) is 20.2. The first kappa shape index (κ1) is 26.6. The van der Waals surface area contributed by atoms with Crippen molar-refractivity contribution in [1.29, 1.82) is 0 Å². The fourth-order valence-corrected chi connectivity index (χ4v) is 5.11. The van der Waals surface area contributed by atoms with E-state index in [2.05, 4.69) is 0 Å². The average molecular weight is 485 g/mol. The van der Waals surface area contributed by atoms with Gasteiger partial charge in [-0.2, -0.15) is 8.42 Å². The van der Waals surface area contributed by atoms with Gasteiger partial charge in [0.15, 0.2) is 17.2 Å². The Hall–Kier alpha value is -2.69. The highest BCUT2D eigenvalue weighted by Crippen LogP contribution is 2.50. The maximum atomic E-state index is 12.4. The summed E-state index contributed by atoms with van der Waals surface area (Å²) in [4.78, 5) is 0. The number of rotatable bonds is 5. The van der Waals surface area contributed by atoms with Gasteiger partial charge in [-0.25, -0.2) is 0 Å². The molecule has 3 unspecified atom stereocenters. The molecule has 0 aliphatic carbocycles. The van der Waals surface area contributed by atoms with E-state index in [1.165, 1.54) is 6.07 Å². The predicted octanol–water partition coefficient (Wildman–Crippen LogP) is 3.63. The maximum Gasteiger partial charge on any atom is 0.274 e. The molecule has 0 radical (unpaired) electrons. The summed E-state index contributed by atoms with van der Waals surface area (Å²) in [5.41, 5.74) is -1.23. The molecular formula is C23H32O9S. The van der Waals surface area contributed by atoms with E-state index < -0.39 is 55.5 Å². The fourth-order valence-electron chi connectivity index (χ4n) is 4.12. The highest BCUT2D eigenvalue weighted by molar-refractivity contribution is 7.86. The van der Waals surface area contributed by atoms with Crippen LogP contribution in [0.2, 0.25) is 0 Å². The summed E-state index contributed by atoms with van der Waals surface area (Å²) in [7, 11) is -5.02. The molecule has 3 atom stereocenters. The van der Waals surface area contributed by atoms with E-state index in [1.54, 1.807) is 20.8 Å². The number of aliphatic hydroxyl groups is 1. The van der Waals surface area contributed by atoms with Crippen LogP contribution in [0.4, 0.5) is 0 Å². The minimum atomic E-state index is -5.02. The number of hydrogen-bond donors (Lipinski definition) is 7. The van der Waals surface area contributed by atoms with E-state index in [0.29, 0.717) is 5.56 Å². The molecule has 0 saturated heterocycles. The van der Waals surface area contributed by atoms with Crippen LogP contribution in [-0.2, 0) is 15.5 Å². The van der Waals surface area contributed by atoms with E-state index in [0.717, 1.165) is 18.2 Å². The first-order valence-corrected chi connectivity index (χ1v) is 11.7. The Labute approximate surface area is 193 Å². The standard InChI is InChI=1S/C23H32O9S/c1-22(2,3)13-9-12(14(24)10-15(13)25)18(23(4,5)6)20(29)21(33(30,31)32)11-7-16(26)19(28)17(27)8-11/h7-10,18,20-21,24-29H,1-6H3,(H,30,31,32). The topological polar surface area (TPSA) is 176 Å². The third-order valence-electron chi connectivity index (χ3n) is 5.61. The highest BCUT2D eigenvalue weighted by Gasteiger charge is 2.45. The van der Waals surface area contributed by atoms with Gasteiger partial charge in [-0.3, -0.25) is 4.55 Å². The molecule has 0 amide bonds. The predicted molar refractivity (Wildman–Crippen MR) is 122 cm³/mol. The monoisotopic (exact) mass is 484 g/mol. The maximum absolute atomic E-state index is 12.4. The number of benzene rings is 2. The van der Waals surface area contributed by atoms with Crippen molar-refractivity contribution in [1.82, 2.24) is 0 Å². The molecule has 0 aliphatic heterocycles. The first-order valence-electron chi connectivity index (χ1n) is 10.2. The van der Waals surface area contributed by atoms with Gasteiger partial charge in [0.05, 0.1) is 6.10 Å². The van der Waals surface area contributed by atoms with Crippen molar-refractivity contribution in [2.24, 2.45) is 5.41 Å². The Balaban J connectivity index is 2.82. The zero-order chi connectivity index (χ0) is 25.7. The Bertz CT molecular complexity index is 1120. The molecule has 184 valence electrons. The summed E-state index contributed by atoms with van der Waals surface area (Å²) in [5, 5.41) is 59.6. The van der Waals surface area contributed by atoms with Crippen LogP contribution in [0.25, 0.3) is 0 Å². The molecule has 0 bridgehead atoms. The molecule has 0 aromatic heterocycles. The normalized spacial score (nSPS) is 15.8. The zero-order valence-electron chi connectivity index (χ0n) is 19.4. The molecular weight excluding hydrogens is 452 g/mol. The van der Waals surface area contributed by atoms with Crippen LogP contribution in [0.15, 0.2) is 24.3 Å². The smallest absolute Gasteiger partial charge is 0.274 e. The van der Waals surface area contributed by atoms with Gasteiger partial charge in [-0.15, -0.1) is 0 Å².